The number of ether oxygens (including phenoxy) is 1. The molecule has 1 aromatic rings. The molecule has 0 amide bonds. The Morgan fingerprint density at radius 2 is 2.06 bits per heavy atom. The highest BCUT2D eigenvalue weighted by Gasteiger charge is 2.32. The molecule has 1 saturated heterocycles. The van der Waals surface area contributed by atoms with E-state index in [0.29, 0.717) is 12.2 Å². The summed E-state index contributed by atoms with van der Waals surface area (Å²) in [6.07, 6.45) is 0.783. The van der Waals surface area contributed by atoms with E-state index in [2.05, 4.69) is 0 Å². The van der Waals surface area contributed by atoms with Gasteiger partial charge in [-0.25, -0.2) is 8.78 Å². The lowest BCUT2D eigenvalue weighted by atomic mass is 9.88. The molecule has 1 heterocycles. The van der Waals surface area contributed by atoms with Crippen molar-refractivity contribution < 1.29 is 13.5 Å². The smallest absolute Gasteiger partial charge is 0.163 e. The second-order valence-corrected chi connectivity index (χ2v) is 4.65. The molecule has 0 spiro atoms. The highest BCUT2D eigenvalue weighted by Crippen LogP contribution is 2.33. The SMILES string of the molecule is Cc1ccc(C(N)C2CCOC2C)c(F)c1F. The first-order valence-electron chi connectivity index (χ1n) is 5.84. The minimum Gasteiger partial charge on any atom is -0.378 e. The molecule has 3 atom stereocenters. The summed E-state index contributed by atoms with van der Waals surface area (Å²) in [5.41, 5.74) is 6.57. The van der Waals surface area contributed by atoms with E-state index in [1.54, 1.807) is 12.1 Å². The Bertz CT molecular complexity index is 422. The lowest BCUT2D eigenvalue weighted by molar-refractivity contribution is 0.0991. The van der Waals surface area contributed by atoms with Crippen LogP contribution in [-0.4, -0.2) is 12.7 Å². The molecule has 1 aliphatic heterocycles. The summed E-state index contributed by atoms with van der Waals surface area (Å²) < 4.78 is 32.7. The van der Waals surface area contributed by atoms with Gasteiger partial charge in [-0.2, -0.15) is 0 Å². The molecule has 4 heteroatoms. The number of benzene rings is 1. The van der Waals surface area contributed by atoms with E-state index in [1.165, 1.54) is 6.92 Å². The molecule has 0 saturated carbocycles. The van der Waals surface area contributed by atoms with Crippen LogP contribution in [0, 0.1) is 24.5 Å². The quantitative estimate of drug-likeness (QED) is 0.864. The van der Waals surface area contributed by atoms with Crippen LogP contribution in [0.15, 0.2) is 12.1 Å². The van der Waals surface area contributed by atoms with Gasteiger partial charge in [0.1, 0.15) is 0 Å². The average molecular weight is 241 g/mol. The molecule has 1 aromatic carbocycles. The average Bonchev–Trinajstić information content (AvgIpc) is 2.72. The third-order valence-corrected chi connectivity index (χ3v) is 3.56. The minimum absolute atomic E-state index is 0.00577. The van der Waals surface area contributed by atoms with Crippen molar-refractivity contribution in [3.63, 3.8) is 0 Å². The zero-order valence-corrected chi connectivity index (χ0v) is 10.0. The van der Waals surface area contributed by atoms with E-state index in [-0.39, 0.29) is 17.6 Å². The Kier molecular flexibility index (Phi) is 3.45. The van der Waals surface area contributed by atoms with E-state index in [1.807, 2.05) is 6.92 Å². The van der Waals surface area contributed by atoms with Gasteiger partial charge in [-0.15, -0.1) is 0 Å². The maximum Gasteiger partial charge on any atom is 0.163 e. The summed E-state index contributed by atoms with van der Waals surface area (Å²) in [7, 11) is 0. The zero-order valence-electron chi connectivity index (χ0n) is 10.0. The Hall–Kier alpha value is -1.00. The van der Waals surface area contributed by atoms with Crippen LogP contribution < -0.4 is 5.73 Å². The first-order valence-corrected chi connectivity index (χ1v) is 5.84. The molecule has 2 N–H and O–H groups in total. The zero-order chi connectivity index (χ0) is 12.6. The van der Waals surface area contributed by atoms with Gasteiger partial charge in [0.15, 0.2) is 11.6 Å². The standard InChI is InChI=1S/C13H17F2NO/c1-7-3-4-10(12(15)11(7)14)13(16)9-5-6-17-8(9)2/h3-4,8-9,13H,5-6,16H2,1-2H3. The number of hydrogen-bond donors (Lipinski definition) is 1. The van der Waals surface area contributed by atoms with E-state index in [9.17, 15) is 8.78 Å². The van der Waals surface area contributed by atoms with Crippen molar-refractivity contribution in [2.75, 3.05) is 6.61 Å². The second kappa shape index (κ2) is 4.70. The molecule has 17 heavy (non-hydrogen) atoms. The van der Waals surface area contributed by atoms with Gasteiger partial charge in [-0.1, -0.05) is 12.1 Å². The molecule has 0 radical (unpaired) electrons. The normalized spacial score (nSPS) is 26.2. The lowest BCUT2D eigenvalue weighted by Gasteiger charge is -2.23. The first-order chi connectivity index (χ1) is 8.02. The molecule has 0 aliphatic carbocycles. The predicted octanol–water partition coefficient (Wildman–Crippen LogP) is 2.70. The third kappa shape index (κ3) is 2.19. The number of nitrogens with two attached hydrogens (primary N) is 1. The van der Waals surface area contributed by atoms with Crippen molar-refractivity contribution in [1.82, 2.24) is 0 Å². The van der Waals surface area contributed by atoms with Gasteiger partial charge in [0, 0.05) is 24.1 Å². The van der Waals surface area contributed by atoms with Gasteiger partial charge in [-0.05, 0) is 25.8 Å². The number of aryl methyl sites for hydroxylation is 1. The molecule has 0 aromatic heterocycles. The number of hydrogen-bond acceptors (Lipinski definition) is 2. The van der Waals surface area contributed by atoms with Crippen LogP contribution in [0.3, 0.4) is 0 Å². The maximum absolute atomic E-state index is 13.8. The second-order valence-electron chi connectivity index (χ2n) is 4.65. The van der Waals surface area contributed by atoms with Gasteiger partial charge in [-0.3, -0.25) is 0 Å². The van der Waals surface area contributed by atoms with Gasteiger partial charge < -0.3 is 10.5 Å². The third-order valence-electron chi connectivity index (χ3n) is 3.56. The Morgan fingerprint density at radius 3 is 2.65 bits per heavy atom. The fraction of sp³-hybridized carbons (Fsp3) is 0.538. The molecule has 1 aliphatic rings. The van der Waals surface area contributed by atoms with Crippen molar-refractivity contribution in [1.29, 1.82) is 0 Å². The lowest BCUT2D eigenvalue weighted by Crippen LogP contribution is -2.27. The topological polar surface area (TPSA) is 35.2 Å². The first kappa shape index (κ1) is 12.5. The fourth-order valence-electron chi connectivity index (χ4n) is 2.37. The van der Waals surface area contributed by atoms with Gasteiger partial charge >= 0.3 is 0 Å². The van der Waals surface area contributed by atoms with Gasteiger partial charge in [0.25, 0.3) is 0 Å². The van der Waals surface area contributed by atoms with Crippen molar-refractivity contribution in [2.45, 2.75) is 32.4 Å². The van der Waals surface area contributed by atoms with Crippen molar-refractivity contribution >= 4 is 0 Å². The molecule has 1 fully saturated rings. The summed E-state index contributed by atoms with van der Waals surface area (Å²) in [5, 5.41) is 0. The number of rotatable bonds is 2. The van der Waals surface area contributed by atoms with Gasteiger partial charge in [0.05, 0.1) is 6.10 Å². The van der Waals surface area contributed by atoms with E-state index in [0.717, 1.165) is 6.42 Å². The van der Waals surface area contributed by atoms with E-state index in [4.69, 9.17) is 10.5 Å². The molecule has 3 unspecified atom stereocenters. The largest absolute Gasteiger partial charge is 0.378 e. The van der Waals surface area contributed by atoms with Crippen molar-refractivity contribution in [2.24, 2.45) is 11.7 Å². The van der Waals surface area contributed by atoms with Crippen LogP contribution in [0.5, 0.6) is 0 Å². The van der Waals surface area contributed by atoms with Crippen LogP contribution in [-0.2, 0) is 4.74 Å². The van der Waals surface area contributed by atoms with Crippen LogP contribution in [0.2, 0.25) is 0 Å². The number of halogens is 2. The van der Waals surface area contributed by atoms with E-state index >= 15 is 0 Å². The molecule has 0 bridgehead atoms. The monoisotopic (exact) mass is 241 g/mol. The molecule has 2 rings (SSSR count). The summed E-state index contributed by atoms with van der Waals surface area (Å²) in [6, 6.07) is 2.62. The van der Waals surface area contributed by atoms with Crippen molar-refractivity contribution in [3.05, 3.63) is 34.9 Å². The van der Waals surface area contributed by atoms with Crippen LogP contribution in [0.4, 0.5) is 8.78 Å². The van der Waals surface area contributed by atoms with Gasteiger partial charge in [0.2, 0.25) is 0 Å². The Balaban J connectivity index is 2.31. The minimum atomic E-state index is -0.823. The summed E-state index contributed by atoms with van der Waals surface area (Å²) in [6.45, 7) is 4.09. The van der Waals surface area contributed by atoms with Crippen molar-refractivity contribution in [3.8, 4) is 0 Å². The summed E-state index contributed by atoms with van der Waals surface area (Å²) in [4.78, 5) is 0. The van der Waals surface area contributed by atoms with Crippen LogP contribution in [0.25, 0.3) is 0 Å². The summed E-state index contributed by atoms with van der Waals surface area (Å²) in [5.74, 6) is -1.58. The molecular formula is C13H17F2NO. The highest BCUT2D eigenvalue weighted by atomic mass is 19.2. The Labute approximate surface area is 99.8 Å². The molecule has 94 valence electrons. The van der Waals surface area contributed by atoms with Crippen LogP contribution >= 0.6 is 0 Å². The highest BCUT2D eigenvalue weighted by molar-refractivity contribution is 5.28. The van der Waals surface area contributed by atoms with Crippen LogP contribution in [0.1, 0.15) is 30.5 Å². The maximum atomic E-state index is 13.8. The molecule has 2 nitrogen and oxygen atoms in total. The summed E-state index contributed by atoms with van der Waals surface area (Å²) >= 11 is 0. The Morgan fingerprint density at radius 1 is 1.35 bits per heavy atom. The van der Waals surface area contributed by atoms with E-state index < -0.39 is 17.7 Å². The fourth-order valence-corrected chi connectivity index (χ4v) is 2.37. The predicted molar refractivity (Wildman–Crippen MR) is 61.5 cm³/mol. The molecular weight excluding hydrogens is 224 g/mol.